The Labute approximate surface area is 157 Å². The lowest BCUT2D eigenvalue weighted by atomic mass is 9.95. The van der Waals surface area contributed by atoms with Crippen LogP contribution in [0.25, 0.3) is 0 Å². The molecule has 1 aromatic rings. The lowest BCUT2D eigenvalue weighted by Crippen LogP contribution is -2.45. The molecule has 3 aliphatic heterocycles. The number of sulfone groups is 1. The van der Waals surface area contributed by atoms with Crippen molar-refractivity contribution in [2.75, 3.05) is 32.2 Å². The number of methoxy groups -OCH3 is 1. The van der Waals surface area contributed by atoms with Gasteiger partial charge in [0, 0.05) is 13.1 Å². The van der Waals surface area contributed by atoms with Crippen molar-refractivity contribution in [1.29, 1.82) is 0 Å². The molecule has 4 rings (SSSR count). The van der Waals surface area contributed by atoms with E-state index in [2.05, 4.69) is 5.32 Å². The van der Waals surface area contributed by atoms with Gasteiger partial charge in [0.05, 0.1) is 42.5 Å². The van der Waals surface area contributed by atoms with Crippen molar-refractivity contribution < 1.29 is 22.7 Å². The molecule has 0 aliphatic carbocycles. The van der Waals surface area contributed by atoms with Gasteiger partial charge in [-0.15, -0.1) is 0 Å². The fraction of sp³-hybridized carbons (Fsp3) is 0.444. The van der Waals surface area contributed by atoms with Gasteiger partial charge in [-0.1, -0.05) is 12.1 Å². The number of urea groups is 1. The molecule has 3 heterocycles. The van der Waals surface area contributed by atoms with Gasteiger partial charge in [-0.05, 0) is 24.1 Å². The zero-order chi connectivity index (χ0) is 19.3. The van der Waals surface area contributed by atoms with E-state index in [9.17, 15) is 18.0 Å². The van der Waals surface area contributed by atoms with Crippen molar-refractivity contribution in [2.24, 2.45) is 0 Å². The van der Waals surface area contributed by atoms with Crippen molar-refractivity contribution in [2.45, 2.75) is 18.5 Å². The van der Waals surface area contributed by atoms with Crippen LogP contribution in [0.3, 0.4) is 0 Å². The maximum Gasteiger partial charge on any atom is 0.322 e. The van der Waals surface area contributed by atoms with E-state index in [-0.39, 0.29) is 36.0 Å². The van der Waals surface area contributed by atoms with Gasteiger partial charge >= 0.3 is 6.03 Å². The fourth-order valence-electron chi connectivity index (χ4n) is 3.95. The van der Waals surface area contributed by atoms with Crippen LogP contribution >= 0.6 is 0 Å². The maximum atomic E-state index is 13.2. The summed E-state index contributed by atoms with van der Waals surface area (Å²) >= 11 is 0. The molecule has 1 saturated heterocycles. The van der Waals surface area contributed by atoms with Crippen LogP contribution < -0.4 is 10.1 Å². The lowest BCUT2D eigenvalue weighted by Gasteiger charge is -2.31. The van der Waals surface area contributed by atoms with Gasteiger partial charge in [0.15, 0.2) is 9.84 Å². The molecule has 0 aromatic heterocycles. The SMILES string of the molecule is COc1ccc([C@H]2NC(=O)N(C)C3=C2C(=O)N([C@H]2CCS(=O)(=O)C2)C3)cc1. The number of amides is 3. The third kappa shape index (κ3) is 2.95. The van der Waals surface area contributed by atoms with E-state index in [1.165, 1.54) is 4.90 Å². The Morgan fingerprint density at radius 3 is 2.48 bits per heavy atom. The Kier molecular flexibility index (Phi) is 4.14. The average Bonchev–Trinajstić information content (AvgIpc) is 3.18. The molecule has 1 fully saturated rings. The normalized spacial score (nSPS) is 27.0. The van der Waals surface area contributed by atoms with Crippen LogP contribution in [0.2, 0.25) is 0 Å². The van der Waals surface area contributed by atoms with Crippen molar-refractivity contribution in [3.8, 4) is 5.75 Å². The molecule has 0 bridgehead atoms. The van der Waals surface area contributed by atoms with Gasteiger partial charge in [-0.2, -0.15) is 0 Å². The number of hydrogen-bond acceptors (Lipinski definition) is 5. The summed E-state index contributed by atoms with van der Waals surface area (Å²) in [6.07, 6.45) is 0.437. The number of ether oxygens (including phenoxy) is 1. The minimum Gasteiger partial charge on any atom is -0.497 e. The summed E-state index contributed by atoms with van der Waals surface area (Å²) < 4.78 is 28.8. The zero-order valence-electron chi connectivity index (χ0n) is 15.1. The third-order valence-corrected chi connectivity index (χ3v) is 7.24. The summed E-state index contributed by atoms with van der Waals surface area (Å²) in [5.74, 6) is 0.557. The molecule has 1 N–H and O–H groups in total. The summed E-state index contributed by atoms with van der Waals surface area (Å²) in [7, 11) is 0.0833. The second kappa shape index (κ2) is 6.26. The highest BCUT2D eigenvalue weighted by molar-refractivity contribution is 7.91. The van der Waals surface area contributed by atoms with Gasteiger partial charge in [0.2, 0.25) is 0 Å². The predicted octanol–water partition coefficient (Wildman–Crippen LogP) is 0.675. The quantitative estimate of drug-likeness (QED) is 0.817. The zero-order valence-corrected chi connectivity index (χ0v) is 16.0. The van der Waals surface area contributed by atoms with Crippen molar-refractivity contribution in [1.82, 2.24) is 15.1 Å². The molecule has 0 unspecified atom stereocenters. The van der Waals surface area contributed by atoms with Gasteiger partial charge in [0.1, 0.15) is 5.75 Å². The number of benzene rings is 1. The average molecular weight is 391 g/mol. The molecule has 0 saturated carbocycles. The van der Waals surface area contributed by atoms with Gasteiger partial charge in [0.25, 0.3) is 5.91 Å². The molecule has 27 heavy (non-hydrogen) atoms. The maximum absolute atomic E-state index is 13.2. The first-order chi connectivity index (χ1) is 12.8. The van der Waals surface area contributed by atoms with Crippen LogP contribution in [0.1, 0.15) is 18.0 Å². The first kappa shape index (κ1) is 17.8. The molecule has 8 nitrogen and oxygen atoms in total. The lowest BCUT2D eigenvalue weighted by molar-refractivity contribution is -0.127. The summed E-state index contributed by atoms with van der Waals surface area (Å²) in [4.78, 5) is 28.6. The molecule has 3 amide bonds. The third-order valence-electron chi connectivity index (χ3n) is 5.49. The minimum atomic E-state index is -3.11. The summed E-state index contributed by atoms with van der Waals surface area (Å²) in [6.45, 7) is 0.255. The first-order valence-electron chi connectivity index (χ1n) is 8.73. The van der Waals surface area contributed by atoms with Gasteiger partial charge < -0.3 is 15.0 Å². The van der Waals surface area contributed by atoms with Gasteiger partial charge in [-0.25, -0.2) is 13.2 Å². The Hall–Kier alpha value is -2.55. The molecule has 3 aliphatic rings. The predicted molar refractivity (Wildman–Crippen MR) is 97.8 cm³/mol. The van der Waals surface area contributed by atoms with Crippen molar-refractivity contribution in [3.05, 3.63) is 41.1 Å². The number of carbonyl (C=O) groups excluding carboxylic acids is 2. The monoisotopic (exact) mass is 391 g/mol. The van der Waals surface area contributed by atoms with Gasteiger partial charge in [-0.3, -0.25) is 9.69 Å². The molecule has 144 valence electrons. The molecule has 9 heteroatoms. The number of carbonyl (C=O) groups is 2. The Bertz CT molecular complexity index is 938. The van der Waals surface area contributed by atoms with E-state index in [4.69, 9.17) is 4.74 Å². The Morgan fingerprint density at radius 2 is 1.89 bits per heavy atom. The topological polar surface area (TPSA) is 96.0 Å². The van der Waals surface area contributed by atoms with E-state index in [1.54, 1.807) is 31.2 Å². The molecule has 2 atom stereocenters. The summed E-state index contributed by atoms with van der Waals surface area (Å²) in [6, 6.07) is 5.99. The Balaban J connectivity index is 1.68. The van der Waals surface area contributed by atoms with Crippen LogP contribution in [0.5, 0.6) is 5.75 Å². The van der Waals surface area contributed by atoms with Crippen molar-refractivity contribution in [3.63, 3.8) is 0 Å². The number of nitrogens with zero attached hydrogens (tertiary/aromatic N) is 2. The number of nitrogens with one attached hydrogen (secondary N) is 1. The number of rotatable bonds is 3. The van der Waals surface area contributed by atoms with Crippen LogP contribution in [-0.2, 0) is 14.6 Å². The van der Waals surface area contributed by atoms with E-state index in [1.807, 2.05) is 12.1 Å². The first-order valence-corrected chi connectivity index (χ1v) is 10.6. The van der Waals surface area contributed by atoms with E-state index < -0.39 is 15.9 Å². The van der Waals surface area contributed by atoms with Crippen molar-refractivity contribution >= 4 is 21.8 Å². The highest BCUT2D eigenvalue weighted by Gasteiger charge is 2.46. The second-order valence-corrected chi connectivity index (χ2v) is 9.29. The minimum absolute atomic E-state index is 0.0163. The highest BCUT2D eigenvalue weighted by Crippen LogP contribution is 2.38. The van der Waals surface area contributed by atoms with Crippen LogP contribution in [0.15, 0.2) is 35.5 Å². The summed E-state index contributed by atoms with van der Waals surface area (Å²) in [5, 5.41) is 2.87. The highest BCUT2D eigenvalue weighted by atomic mass is 32.2. The molecular weight excluding hydrogens is 370 g/mol. The largest absolute Gasteiger partial charge is 0.497 e. The standard InChI is InChI=1S/C18H21N3O5S/c1-20-14-9-21(12-7-8-27(24,25)10-12)17(22)15(14)16(19-18(20)23)11-3-5-13(26-2)6-4-11/h3-6,12,16H,7-10H2,1-2H3,(H,19,23)/t12-,16+/m0/s1. The van der Waals surface area contributed by atoms with Crippen LogP contribution in [0, 0.1) is 0 Å². The fourth-order valence-corrected chi connectivity index (χ4v) is 5.68. The van der Waals surface area contributed by atoms with E-state index in [0.29, 0.717) is 23.4 Å². The number of likely N-dealkylation sites (N-methyl/N-ethyl adjacent to an activating group) is 1. The summed E-state index contributed by atoms with van der Waals surface area (Å²) in [5.41, 5.74) is 1.92. The second-order valence-electron chi connectivity index (χ2n) is 7.06. The molecular formula is C18H21N3O5S. The molecule has 1 aromatic carbocycles. The van der Waals surface area contributed by atoms with Crippen LogP contribution in [-0.4, -0.2) is 68.4 Å². The molecule has 0 spiro atoms. The van der Waals surface area contributed by atoms with Crippen LogP contribution in [0.4, 0.5) is 4.79 Å². The van der Waals surface area contributed by atoms with E-state index >= 15 is 0 Å². The number of hydrogen-bond donors (Lipinski definition) is 1. The molecule has 0 radical (unpaired) electrons. The smallest absolute Gasteiger partial charge is 0.322 e. The Morgan fingerprint density at radius 1 is 1.19 bits per heavy atom. The van der Waals surface area contributed by atoms with E-state index in [0.717, 1.165) is 5.56 Å².